The molecular weight excluding hydrogens is 446 g/mol. The molecule has 1 saturated heterocycles. The highest BCUT2D eigenvalue weighted by atomic mass is 16.2. The summed E-state index contributed by atoms with van der Waals surface area (Å²) in [6.07, 6.45) is 33.5. The molecular formula is C31H43N3O2. The van der Waals surface area contributed by atoms with Gasteiger partial charge < -0.3 is 10.2 Å². The number of allylic oxidation sites excluding steroid dienone is 10. The molecule has 1 aromatic heterocycles. The van der Waals surface area contributed by atoms with E-state index in [0.29, 0.717) is 24.4 Å². The van der Waals surface area contributed by atoms with Crippen molar-refractivity contribution in [2.75, 3.05) is 19.6 Å². The summed E-state index contributed by atoms with van der Waals surface area (Å²) in [5.41, 5.74) is 0.568. The van der Waals surface area contributed by atoms with Crippen molar-refractivity contribution >= 4 is 11.8 Å². The quantitative estimate of drug-likeness (QED) is 0.211. The number of carbonyl (C=O) groups is 2. The number of carbonyl (C=O) groups excluding carboxylic acids is 2. The molecule has 1 fully saturated rings. The maximum atomic E-state index is 12.5. The summed E-state index contributed by atoms with van der Waals surface area (Å²) in [6, 6.07) is 3.51. The fourth-order valence-corrected chi connectivity index (χ4v) is 3.96. The zero-order valence-corrected chi connectivity index (χ0v) is 21.9. The monoisotopic (exact) mass is 489 g/mol. The minimum atomic E-state index is -0.107. The summed E-state index contributed by atoms with van der Waals surface area (Å²) in [5, 5.41) is 2.96. The molecule has 1 aromatic rings. The number of unbranched alkanes of at least 4 members (excludes halogenated alkanes) is 1. The summed E-state index contributed by atoms with van der Waals surface area (Å²) in [7, 11) is 0. The van der Waals surface area contributed by atoms with Crippen LogP contribution in [-0.2, 0) is 4.79 Å². The van der Waals surface area contributed by atoms with Crippen LogP contribution >= 0.6 is 0 Å². The Labute approximate surface area is 217 Å². The second kappa shape index (κ2) is 19.0. The van der Waals surface area contributed by atoms with Gasteiger partial charge in [-0.15, -0.1) is 0 Å². The van der Waals surface area contributed by atoms with E-state index in [4.69, 9.17) is 0 Å². The lowest BCUT2D eigenvalue weighted by atomic mass is 10.1. The number of likely N-dealkylation sites (tertiary alicyclic amines) is 1. The molecule has 0 unspecified atom stereocenters. The first-order valence-electron chi connectivity index (χ1n) is 13.4. The van der Waals surface area contributed by atoms with Gasteiger partial charge in [-0.05, 0) is 69.4 Å². The second-order valence-electron chi connectivity index (χ2n) is 9.05. The zero-order valence-electron chi connectivity index (χ0n) is 21.9. The van der Waals surface area contributed by atoms with Gasteiger partial charge in [-0.1, -0.05) is 67.7 Å². The van der Waals surface area contributed by atoms with Gasteiger partial charge in [0.25, 0.3) is 5.91 Å². The zero-order chi connectivity index (χ0) is 25.7. The number of hydrogen-bond donors (Lipinski definition) is 1. The predicted molar refractivity (Wildman–Crippen MR) is 150 cm³/mol. The van der Waals surface area contributed by atoms with Gasteiger partial charge in [0, 0.05) is 38.4 Å². The van der Waals surface area contributed by atoms with Gasteiger partial charge >= 0.3 is 0 Å². The average molecular weight is 490 g/mol. The highest BCUT2D eigenvalue weighted by molar-refractivity contribution is 5.93. The van der Waals surface area contributed by atoms with Crippen LogP contribution in [0.5, 0.6) is 0 Å². The fourth-order valence-electron chi connectivity index (χ4n) is 3.96. The van der Waals surface area contributed by atoms with E-state index in [9.17, 15) is 9.59 Å². The normalized spacial score (nSPS) is 16.5. The highest BCUT2D eigenvalue weighted by Crippen LogP contribution is 2.17. The minimum absolute atomic E-state index is 0.107. The van der Waals surface area contributed by atoms with Crippen molar-refractivity contribution in [1.82, 2.24) is 15.2 Å². The van der Waals surface area contributed by atoms with Crippen LogP contribution < -0.4 is 5.32 Å². The number of aromatic nitrogens is 1. The first-order valence-corrected chi connectivity index (χ1v) is 13.4. The van der Waals surface area contributed by atoms with Crippen LogP contribution in [0.15, 0.2) is 85.3 Å². The van der Waals surface area contributed by atoms with Crippen molar-refractivity contribution in [3.8, 4) is 0 Å². The van der Waals surface area contributed by atoms with Gasteiger partial charge in [0.2, 0.25) is 5.91 Å². The Morgan fingerprint density at radius 2 is 1.61 bits per heavy atom. The van der Waals surface area contributed by atoms with Crippen molar-refractivity contribution in [1.29, 1.82) is 0 Å². The summed E-state index contributed by atoms with van der Waals surface area (Å²) in [5.74, 6) is 0.439. The third kappa shape index (κ3) is 13.0. The first kappa shape index (κ1) is 29.0. The van der Waals surface area contributed by atoms with E-state index in [2.05, 4.69) is 78.0 Å². The van der Waals surface area contributed by atoms with Gasteiger partial charge in [0.1, 0.15) is 0 Å². The predicted octanol–water partition coefficient (Wildman–Crippen LogP) is 6.58. The average Bonchev–Trinajstić information content (AvgIpc) is 3.39. The molecule has 1 aliphatic rings. The first-order chi connectivity index (χ1) is 17.7. The van der Waals surface area contributed by atoms with E-state index in [1.54, 1.807) is 24.5 Å². The van der Waals surface area contributed by atoms with E-state index in [1.165, 1.54) is 0 Å². The smallest absolute Gasteiger partial charge is 0.252 e. The molecule has 1 aliphatic heterocycles. The molecule has 5 nitrogen and oxygen atoms in total. The largest absolute Gasteiger partial charge is 0.352 e. The molecule has 0 saturated carbocycles. The lowest BCUT2D eigenvalue weighted by Gasteiger charge is -2.16. The molecule has 5 heteroatoms. The van der Waals surface area contributed by atoms with Crippen LogP contribution in [0.4, 0.5) is 0 Å². The second-order valence-corrected chi connectivity index (χ2v) is 9.05. The Bertz CT molecular complexity index is 900. The van der Waals surface area contributed by atoms with Crippen LogP contribution in [0.2, 0.25) is 0 Å². The Hall–Kier alpha value is -3.21. The van der Waals surface area contributed by atoms with E-state index < -0.39 is 0 Å². The fraction of sp³-hybridized carbons (Fsp3) is 0.452. The Kier molecular flexibility index (Phi) is 15.3. The van der Waals surface area contributed by atoms with Crippen LogP contribution in [0.1, 0.15) is 75.1 Å². The molecule has 1 N–H and O–H groups in total. The summed E-state index contributed by atoms with van der Waals surface area (Å²) in [6.45, 7) is 4.26. The van der Waals surface area contributed by atoms with E-state index in [-0.39, 0.29) is 11.8 Å². The van der Waals surface area contributed by atoms with Crippen molar-refractivity contribution in [3.05, 3.63) is 90.9 Å². The van der Waals surface area contributed by atoms with E-state index >= 15 is 0 Å². The molecule has 2 rings (SSSR count). The molecule has 1 atom stereocenters. The Morgan fingerprint density at radius 1 is 0.972 bits per heavy atom. The van der Waals surface area contributed by atoms with Crippen molar-refractivity contribution < 1.29 is 9.59 Å². The third-order valence-corrected chi connectivity index (χ3v) is 6.03. The lowest BCUT2D eigenvalue weighted by molar-refractivity contribution is -0.130. The molecule has 0 spiro atoms. The minimum Gasteiger partial charge on any atom is -0.352 e. The van der Waals surface area contributed by atoms with Crippen molar-refractivity contribution in [3.63, 3.8) is 0 Å². The topological polar surface area (TPSA) is 62.3 Å². The Balaban J connectivity index is 1.47. The van der Waals surface area contributed by atoms with Crippen LogP contribution in [0, 0.1) is 5.92 Å². The van der Waals surface area contributed by atoms with Crippen LogP contribution in [0.25, 0.3) is 0 Å². The molecule has 2 heterocycles. The molecule has 194 valence electrons. The molecule has 0 bridgehead atoms. The summed E-state index contributed by atoms with van der Waals surface area (Å²) >= 11 is 0. The van der Waals surface area contributed by atoms with Gasteiger partial charge in [-0.2, -0.15) is 0 Å². The van der Waals surface area contributed by atoms with Crippen molar-refractivity contribution in [2.24, 2.45) is 5.92 Å². The summed E-state index contributed by atoms with van der Waals surface area (Å²) < 4.78 is 0. The highest BCUT2D eigenvalue weighted by Gasteiger charge is 2.26. The van der Waals surface area contributed by atoms with Gasteiger partial charge in [-0.25, -0.2) is 0 Å². The van der Waals surface area contributed by atoms with Crippen LogP contribution in [-0.4, -0.2) is 41.3 Å². The number of nitrogens with zero attached hydrogens (tertiary/aromatic N) is 2. The summed E-state index contributed by atoms with van der Waals surface area (Å²) in [4.78, 5) is 30.6. The van der Waals surface area contributed by atoms with Crippen molar-refractivity contribution in [2.45, 2.75) is 64.7 Å². The molecule has 0 aromatic carbocycles. The Morgan fingerprint density at radius 3 is 2.22 bits per heavy atom. The van der Waals surface area contributed by atoms with E-state index in [1.807, 2.05) is 4.90 Å². The number of hydrogen-bond acceptors (Lipinski definition) is 3. The van der Waals surface area contributed by atoms with Gasteiger partial charge in [0.15, 0.2) is 0 Å². The standard InChI is InChI=1S/C31H43N3O2/c1-2-3-4-5-6-7-8-9-10-11-12-13-14-15-16-17-18-21-30(35)34-24-22-28(27-34)25-33-31(36)29-20-19-23-32-26-29/h3-4,6-7,9-10,12-13,15-16,19-20,23,26,28H,2,5,8,11,14,17-18,21-22,24-25,27H2,1H3,(H,33,36)/b4-3-,7-6-,10-9-,13-12-,16-15-/t28-/m0/s1. The third-order valence-electron chi connectivity index (χ3n) is 6.03. The number of rotatable bonds is 16. The number of pyridine rings is 1. The lowest BCUT2D eigenvalue weighted by Crippen LogP contribution is -2.33. The molecule has 2 amide bonds. The number of nitrogens with one attached hydrogen (secondary N) is 1. The van der Waals surface area contributed by atoms with Gasteiger partial charge in [0.05, 0.1) is 5.56 Å². The van der Waals surface area contributed by atoms with Gasteiger partial charge in [-0.3, -0.25) is 14.6 Å². The molecule has 0 aliphatic carbocycles. The SMILES string of the molecule is CC/C=C\C/C=C\C/C=C\C/C=C\C/C=C\CCCC(=O)N1CC[C@@H](CNC(=O)c2cccnc2)C1. The van der Waals surface area contributed by atoms with E-state index in [0.717, 1.165) is 64.5 Å². The maximum absolute atomic E-state index is 12.5. The number of amides is 2. The molecule has 0 radical (unpaired) electrons. The maximum Gasteiger partial charge on any atom is 0.252 e. The molecule has 36 heavy (non-hydrogen) atoms. The van der Waals surface area contributed by atoms with Crippen LogP contribution in [0.3, 0.4) is 0 Å².